The van der Waals surface area contributed by atoms with Gasteiger partial charge in [-0.2, -0.15) is 5.06 Å². The van der Waals surface area contributed by atoms with Crippen molar-refractivity contribution in [3.8, 4) is 0 Å². The van der Waals surface area contributed by atoms with E-state index in [1.165, 1.54) is 6.92 Å². The molecule has 4 rings (SSSR count). The summed E-state index contributed by atoms with van der Waals surface area (Å²) in [7, 11) is 0. The molecular weight excluding hydrogens is 302 g/mol. The van der Waals surface area contributed by atoms with E-state index >= 15 is 0 Å². The molecule has 2 bridgehead atoms. The van der Waals surface area contributed by atoms with Gasteiger partial charge in [0.25, 0.3) is 0 Å². The highest BCUT2D eigenvalue weighted by atomic mass is 16.8. The van der Waals surface area contributed by atoms with Gasteiger partial charge in [-0.15, -0.1) is 0 Å². The van der Waals surface area contributed by atoms with Crippen LogP contribution in [0.5, 0.6) is 0 Å². The van der Waals surface area contributed by atoms with Crippen molar-refractivity contribution in [1.82, 2.24) is 5.06 Å². The normalized spacial score (nSPS) is 45.8. The number of fused-ring (bicyclic) bond motifs is 6. The summed E-state index contributed by atoms with van der Waals surface area (Å²) in [4.78, 5) is 17.7. The molecule has 0 aliphatic carbocycles. The highest BCUT2D eigenvalue weighted by Gasteiger charge is 2.64. The first-order valence-electron chi connectivity index (χ1n) is 8.39. The zero-order valence-electron chi connectivity index (χ0n) is 14.1. The van der Waals surface area contributed by atoms with Crippen LogP contribution < -0.4 is 0 Å². The van der Waals surface area contributed by atoms with Gasteiger partial charge in [0.1, 0.15) is 18.3 Å². The van der Waals surface area contributed by atoms with Crippen molar-refractivity contribution in [2.24, 2.45) is 5.92 Å². The lowest BCUT2D eigenvalue weighted by atomic mass is 9.83. The maximum Gasteiger partial charge on any atom is 0.303 e. The second-order valence-corrected chi connectivity index (χ2v) is 7.79. The van der Waals surface area contributed by atoms with Crippen molar-refractivity contribution in [2.45, 2.75) is 76.5 Å². The van der Waals surface area contributed by atoms with E-state index in [0.29, 0.717) is 6.61 Å². The van der Waals surface area contributed by atoms with Gasteiger partial charge in [-0.05, 0) is 27.2 Å². The molecule has 0 radical (unpaired) electrons. The molecule has 4 aliphatic heterocycles. The maximum atomic E-state index is 11.6. The second kappa shape index (κ2) is 5.39. The van der Waals surface area contributed by atoms with E-state index in [1.807, 2.05) is 5.06 Å². The van der Waals surface area contributed by atoms with Crippen LogP contribution in [0.15, 0.2) is 0 Å². The Bertz CT molecular complexity index is 491. The lowest BCUT2D eigenvalue weighted by Crippen LogP contribution is -2.55. The lowest BCUT2D eigenvalue weighted by molar-refractivity contribution is -0.245. The van der Waals surface area contributed by atoms with E-state index in [9.17, 15) is 4.79 Å². The van der Waals surface area contributed by atoms with E-state index in [2.05, 4.69) is 20.8 Å². The molecule has 4 aliphatic rings. The van der Waals surface area contributed by atoms with E-state index in [4.69, 9.17) is 23.8 Å². The Morgan fingerprint density at radius 1 is 1.30 bits per heavy atom. The van der Waals surface area contributed by atoms with Crippen molar-refractivity contribution in [3.63, 3.8) is 0 Å². The molecule has 0 aromatic rings. The highest BCUT2D eigenvalue weighted by molar-refractivity contribution is 5.66. The van der Waals surface area contributed by atoms with Gasteiger partial charge in [0, 0.05) is 13.5 Å². The summed E-state index contributed by atoms with van der Waals surface area (Å²) in [5.41, 5.74) is -0.226. The number of rotatable bonds is 2. The third-order valence-electron chi connectivity index (χ3n) is 4.93. The summed E-state index contributed by atoms with van der Waals surface area (Å²) in [6.45, 7) is 8.86. The molecule has 0 saturated carbocycles. The fourth-order valence-electron chi connectivity index (χ4n) is 4.32. The predicted molar refractivity (Wildman–Crippen MR) is 78.3 cm³/mol. The number of esters is 1. The minimum Gasteiger partial charge on any atom is -0.459 e. The molecule has 7 nitrogen and oxygen atoms in total. The van der Waals surface area contributed by atoms with E-state index in [1.54, 1.807) is 0 Å². The average molecular weight is 327 g/mol. The summed E-state index contributed by atoms with van der Waals surface area (Å²) in [6.07, 6.45) is -0.220. The number of hydrogen-bond acceptors (Lipinski definition) is 7. The van der Waals surface area contributed by atoms with E-state index < -0.39 is 0 Å². The monoisotopic (exact) mass is 327 g/mol. The van der Waals surface area contributed by atoms with Gasteiger partial charge in [0.05, 0.1) is 30.3 Å². The Balaban J connectivity index is 1.62. The van der Waals surface area contributed by atoms with Crippen LogP contribution in [-0.4, -0.2) is 66.5 Å². The molecule has 7 unspecified atom stereocenters. The molecule has 130 valence electrons. The molecule has 0 N–H and O–H groups in total. The third kappa shape index (κ3) is 2.68. The molecule has 23 heavy (non-hydrogen) atoms. The standard InChI is InChI=1S/C16H25NO6/c1-8(18)20-13-10-7-19-15(21-10)14-11(13)12-9(22-16(2,3)4)5-6-17(12)23-14/h9-15H,5-7H2,1-4H3. The first kappa shape index (κ1) is 15.8. The van der Waals surface area contributed by atoms with Crippen molar-refractivity contribution in [1.29, 1.82) is 0 Å². The largest absolute Gasteiger partial charge is 0.459 e. The van der Waals surface area contributed by atoms with Gasteiger partial charge in [-0.1, -0.05) is 0 Å². The Labute approximate surface area is 136 Å². The highest BCUT2D eigenvalue weighted by Crippen LogP contribution is 2.47. The molecule has 7 heteroatoms. The first-order chi connectivity index (χ1) is 10.8. The molecule has 4 fully saturated rings. The number of nitrogens with zero attached hydrogens (tertiary/aromatic N) is 1. The average Bonchev–Trinajstić information content (AvgIpc) is 3.08. The van der Waals surface area contributed by atoms with Crippen molar-refractivity contribution >= 4 is 5.97 Å². The van der Waals surface area contributed by atoms with E-state index in [-0.39, 0.29) is 54.2 Å². The zero-order valence-corrected chi connectivity index (χ0v) is 14.1. The summed E-state index contributed by atoms with van der Waals surface area (Å²) in [6, 6.07) is 0.0687. The van der Waals surface area contributed by atoms with Gasteiger partial charge in [0.2, 0.25) is 0 Å². The topological polar surface area (TPSA) is 66.5 Å². The Morgan fingerprint density at radius 3 is 2.78 bits per heavy atom. The number of hydroxylamine groups is 2. The molecule has 0 aromatic heterocycles. The van der Waals surface area contributed by atoms with Crippen LogP contribution >= 0.6 is 0 Å². The Kier molecular flexibility index (Phi) is 3.70. The smallest absolute Gasteiger partial charge is 0.303 e. The second-order valence-electron chi connectivity index (χ2n) is 7.79. The molecule has 7 atom stereocenters. The predicted octanol–water partition coefficient (Wildman–Crippen LogP) is 0.861. The summed E-state index contributed by atoms with van der Waals surface area (Å²) in [5, 5.41) is 1.98. The third-order valence-corrected chi connectivity index (χ3v) is 4.93. The number of carbonyl (C=O) groups excluding carboxylic acids is 1. The SMILES string of the molecule is CC(=O)OC1C2COC(O2)C2ON3CCC(OC(C)(C)C)C3C12. The quantitative estimate of drug-likeness (QED) is 0.697. The van der Waals surface area contributed by atoms with Crippen molar-refractivity contribution < 1.29 is 28.6 Å². The fourth-order valence-corrected chi connectivity index (χ4v) is 4.32. The van der Waals surface area contributed by atoms with Gasteiger partial charge in [0.15, 0.2) is 6.29 Å². The van der Waals surface area contributed by atoms with Crippen LogP contribution in [0.25, 0.3) is 0 Å². The molecule has 4 heterocycles. The molecule has 0 amide bonds. The Morgan fingerprint density at radius 2 is 2.09 bits per heavy atom. The van der Waals surface area contributed by atoms with Gasteiger partial charge < -0.3 is 18.9 Å². The van der Waals surface area contributed by atoms with Crippen molar-refractivity contribution in [3.05, 3.63) is 0 Å². The zero-order chi connectivity index (χ0) is 16.4. The van der Waals surface area contributed by atoms with Crippen LogP contribution in [0.2, 0.25) is 0 Å². The summed E-state index contributed by atoms with van der Waals surface area (Å²) >= 11 is 0. The summed E-state index contributed by atoms with van der Waals surface area (Å²) in [5.74, 6) is -0.285. The van der Waals surface area contributed by atoms with Crippen molar-refractivity contribution in [2.75, 3.05) is 13.2 Å². The molecule has 4 saturated heterocycles. The van der Waals surface area contributed by atoms with E-state index in [0.717, 1.165) is 13.0 Å². The van der Waals surface area contributed by atoms with Crippen LogP contribution in [0.3, 0.4) is 0 Å². The Hall–Kier alpha value is -0.730. The van der Waals surface area contributed by atoms with Crippen LogP contribution in [0, 0.1) is 5.92 Å². The summed E-state index contributed by atoms with van der Waals surface area (Å²) < 4.78 is 23.4. The lowest BCUT2D eigenvalue weighted by Gasteiger charge is -2.39. The maximum absolute atomic E-state index is 11.6. The first-order valence-corrected chi connectivity index (χ1v) is 8.39. The van der Waals surface area contributed by atoms with Crippen LogP contribution in [-0.2, 0) is 28.6 Å². The minimum absolute atomic E-state index is 0.0139. The fraction of sp³-hybridized carbons (Fsp3) is 0.938. The van der Waals surface area contributed by atoms with Crippen LogP contribution in [0.4, 0.5) is 0 Å². The molecular formula is C16H25NO6. The van der Waals surface area contributed by atoms with Gasteiger partial charge in [-0.3, -0.25) is 9.63 Å². The molecule has 0 aromatic carbocycles. The van der Waals surface area contributed by atoms with Gasteiger partial charge in [-0.25, -0.2) is 0 Å². The number of hydrogen-bond donors (Lipinski definition) is 0. The minimum atomic E-state index is -0.377. The van der Waals surface area contributed by atoms with Gasteiger partial charge >= 0.3 is 5.97 Å². The number of ether oxygens (including phenoxy) is 4. The number of carbonyl (C=O) groups is 1. The van der Waals surface area contributed by atoms with Crippen LogP contribution in [0.1, 0.15) is 34.1 Å². The molecule has 0 spiro atoms.